The summed E-state index contributed by atoms with van der Waals surface area (Å²) in [5.41, 5.74) is 3.70. The molecule has 1 N–H and O–H groups in total. The van der Waals surface area contributed by atoms with Gasteiger partial charge in [0, 0.05) is 5.39 Å². The molecule has 0 aliphatic rings. The van der Waals surface area contributed by atoms with Crippen LogP contribution in [0.3, 0.4) is 0 Å². The standard InChI is InChI=1S/C16H10ClN3S/c17-11-6-2-4-8-14(11)20-15-10-5-1-3-7-12(10)18-9-13(15)19-16(20)21/h1-9H,(H,19,21). The first-order valence-corrected chi connectivity index (χ1v) is 7.28. The molecule has 5 heteroatoms. The third-order valence-corrected chi connectivity index (χ3v) is 4.11. The molecule has 0 spiro atoms. The van der Waals surface area contributed by atoms with Gasteiger partial charge in [0.15, 0.2) is 4.77 Å². The van der Waals surface area contributed by atoms with E-state index >= 15 is 0 Å². The van der Waals surface area contributed by atoms with Gasteiger partial charge >= 0.3 is 0 Å². The van der Waals surface area contributed by atoms with E-state index in [9.17, 15) is 0 Å². The molecule has 0 aliphatic carbocycles. The minimum Gasteiger partial charge on any atom is -0.329 e. The monoisotopic (exact) mass is 311 g/mol. The van der Waals surface area contributed by atoms with E-state index in [4.69, 9.17) is 23.8 Å². The van der Waals surface area contributed by atoms with Crippen molar-refractivity contribution in [1.82, 2.24) is 14.5 Å². The molecule has 0 saturated carbocycles. The van der Waals surface area contributed by atoms with E-state index in [1.807, 2.05) is 53.1 Å². The molecule has 0 unspecified atom stereocenters. The molecular weight excluding hydrogens is 302 g/mol. The van der Waals surface area contributed by atoms with E-state index in [1.165, 1.54) is 0 Å². The molecule has 0 amide bonds. The molecule has 21 heavy (non-hydrogen) atoms. The van der Waals surface area contributed by atoms with Gasteiger partial charge in [-0.2, -0.15) is 0 Å². The van der Waals surface area contributed by atoms with Crippen LogP contribution in [0, 0.1) is 4.77 Å². The van der Waals surface area contributed by atoms with Crippen LogP contribution < -0.4 is 0 Å². The van der Waals surface area contributed by atoms with Crippen LogP contribution >= 0.6 is 23.8 Å². The van der Waals surface area contributed by atoms with Crippen molar-refractivity contribution in [3.8, 4) is 5.69 Å². The number of hydrogen-bond donors (Lipinski definition) is 1. The van der Waals surface area contributed by atoms with Crippen LogP contribution in [0.2, 0.25) is 5.02 Å². The number of fused-ring (bicyclic) bond motifs is 3. The summed E-state index contributed by atoms with van der Waals surface area (Å²) in [5, 5.41) is 1.71. The van der Waals surface area contributed by atoms with Gasteiger partial charge in [-0.15, -0.1) is 0 Å². The summed E-state index contributed by atoms with van der Waals surface area (Å²) in [6, 6.07) is 15.7. The summed E-state index contributed by atoms with van der Waals surface area (Å²) < 4.78 is 2.58. The number of aromatic amines is 1. The number of pyridine rings is 1. The van der Waals surface area contributed by atoms with Crippen LogP contribution in [-0.4, -0.2) is 14.5 Å². The van der Waals surface area contributed by atoms with Crippen molar-refractivity contribution in [2.24, 2.45) is 0 Å². The number of nitrogens with zero attached hydrogens (tertiary/aromatic N) is 2. The maximum absolute atomic E-state index is 6.34. The number of imidazole rings is 1. The van der Waals surface area contributed by atoms with Gasteiger partial charge in [0.1, 0.15) is 0 Å². The third kappa shape index (κ3) is 1.87. The van der Waals surface area contributed by atoms with Crippen molar-refractivity contribution >= 4 is 45.8 Å². The summed E-state index contributed by atoms with van der Waals surface area (Å²) in [4.78, 5) is 7.66. The Bertz CT molecular complexity index is 1030. The number of aromatic nitrogens is 3. The number of rotatable bonds is 1. The van der Waals surface area contributed by atoms with Crippen LogP contribution in [-0.2, 0) is 0 Å². The van der Waals surface area contributed by atoms with Crippen LogP contribution in [0.5, 0.6) is 0 Å². The molecule has 2 heterocycles. The number of para-hydroxylation sites is 2. The summed E-state index contributed by atoms with van der Waals surface area (Å²) in [6.07, 6.45) is 1.81. The number of hydrogen-bond acceptors (Lipinski definition) is 2. The molecule has 0 aliphatic heterocycles. The van der Waals surface area contributed by atoms with Gasteiger partial charge in [-0.25, -0.2) is 0 Å². The fourth-order valence-corrected chi connectivity index (χ4v) is 3.11. The number of benzene rings is 2. The van der Waals surface area contributed by atoms with Crippen molar-refractivity contribution < 1.29 is 0 Å². The first kappa shape index (κ1) is 12.6. The Labute approximate surface area is 130 Å². The zero-order chi connectivity index (χ0) is 14.4. The largest absolute Gasteiger partial charge is 0.329 e. The Balaban J connectivity index is 2.24. The fourth-order valence-electron chi connectivity index (χ4n) is 2.59. The highest BCUT2D eigenvalue weighted by Crippen LogP contribution is 2.29. The lowest BCUT2D eigenvalue weighted by atomic mass is 10.2. The summed E-state index contributed by atoms with van der Waals surface area (Å²) >= 11 is 11.8. The molecular formula is C16H10ClN3S. The van der Waals surface area contributed by atoms with Crippen LogP contribution in [0.1, 0.15) is 0 Å². The molecule has 102 valence electrons. The minimum absolute atomic E-state index is 0.608. The zero-order valence-corrected chi connectivity index (χ0v) is 12.4. The topological polar surface area (TPSA) is 33.6 Å². The van der Waals surface area contributed by atoms with Gasteiger partial charge in [-0.05, 0) is 30.4 Å². The number of H-pyrrole nitrogens is 1. The Hall–Kier alpha value is -2.17. The lowest BCUT2D eigenvalue weighted by molar-refractivity contribution is 1.07. The normalized spacial score (nSPS) is 11.3. The molecule has 4 rings (SSSR count). The van der Waals surface area contributed by atoms with Crippen molar-refractivity contribution in [3.63, 3.8) is 0 Å². The Morgan fingerprint density at radius 2 is 1.81 bits per heavy atom. The second-order valence-corrected chi connectivity index (χ2v) is 5.55. The summed E-state index contributed by atoms with van der Waals surface area (Å²) in [7, 11) is 0. The van der Waals surface area contributed by atoms with E-state index in [0.717, 1.165) is 27.6 Å². The van der Waals surface area contributed by atoms with Crippen LogP contribution in [0.15, 0.2) is 54.7 Å². The van der Waals surface area contributed by atoms with Crippen LogP contribution in [0.25, 0.3) is 27.6 Å². The lowest BCUT2D eigenvalue weighted by Gasteiger charge is -2.08. The smallest absolute Gasteiger partial charge is 0.182 e. The Morgan fingerprint density at radius 1 is 1.05 bits per heavy atom. The molecule has 0 fully saturated rings. The van der Waals surface area contributed by atoms with Gasteiger partial charge in [-0.3, -0.25) is 9.55 Å². The van der Waals surface area contributed by atoms with E-state index < -0.39 is 0 Å². The first-order valence-electron chi connectivity index (χ1n) is 6.49. The molecule has 0 saturated heterocycles. The van der Waals surface area contributed by atoms with E-state index in [2.05, 4.69) is 9.97 Å². The predicted octanol–water partition coefficient (Wildman–Crippen LogP) is 4.89. The number of halogens is 1. The molecule has 0 radical (unpaired) electrons. The predicted molar refractivity (Wildman–Crippen MR) is 88.8 cm³/mol. The third-order valence-electron chi connectivity index (χ3n) is 3.51. The number of nitrogens with one attached hydrogen (secondary N) is 1. The molecule has 2 aromatic carbocycles. The Kier molecular flexibility index (Phi) is 2.80. The van der Waals surface area contributed by atoms with Crippen LogP contribution in [0.4, 0.5) is 0 Å². The van der Waals surface area contributed by atoms with Crippen molar-refractivity contribution in [2.75, 3.05) is 0 Å². The average molecular weight is 312 g/mol. The van der Waals surface area contributed by atoms with Crippen molar-refractivity contribution in [3.05, 3.63) is 64.5 Å². The van der Waals surface area contributed by atoms with E-state index in [-0.39, 0.29) is 0 Å². The van der Waals surface area contributed by atoms with Gasteiger partial charge in [0.2, 0.25) is 0 Å². The highest BCUT2D eigenvalue weighted by molar-refractivity contribution is 7.71. The second kappa shape index (κ2) is 4.69. The minimum atomic E-state index is 0.608. The maximum atomic E-state index is 6.34. The van der Waals surface area contributed by atoms with Gasteiger partial charge in [-0.1, -0.05) is 41.9 Å². The highest BCUT2D eigenvalue weighted by Gasteiger charge is 2.12. The summed E-state index contributed by atoms with van der Waals surface area (Å²) in [6.45, 7) is 0. The van der Waals surface area contributed by atoms with Gasteiger partial charge in [0.25, 0.3) is 0 Å². The molecule has 4 aromatic rings. The van der Waals surface area contributed by atoms with Crippen molar-refractivity contribution in [1.29, 1.82) is 0 Å². The molecule has 3 nitrogen and oxygen atoms in total. The highest BCUT2D eigenvalue weighted by atomic mass is 35.5. The molecule has 0 bridgehead atoms. The average Bonchev–Trinajstić information content (AvgIpc) is 2.84. The quantitative estimate of drug-likeness (QED) is 0.508. The Morgan fingerprint density at radius 3 is 2.67 bits per heavy atom. The molecule has 0 atom stereocenters. The van der Waals surface area contributed by atoms with Gasteiger partial charge < -0.3 is 4.98 Å². The van der Waals surface area contributed by atoms with Crippen molar-refractivity contribution in [2.45, 2.75) is 0 Å². The SMILES string of the molecule is S=c1[nH]c2cnc3ccccc3c2n1-c1ccccc1Cl. The maximum Gasteiger partial charge on any atom is 0.182 e. The first-order chi connectivity index (χ1) is 10.3. The lowest BCUT2D eigenvalue weighted by Crippen LogP contribution is -1.95. The van der Waals surface area contributed by atoms with Gasteiger partial charge in [0.05, 0.1) is 33.5 Å². The van der Waals surface area contributed by atoms with E-state index in [0.29, 0.717) is 9.79 Å². The van der Waals surface area contributed by atoms with E-state index in [1.54, 1.807) is 6.20 Å². The summed E-state index contributed by atoms with van der Waals surface area (Å²) in [5.74, 6) is 0. The second-order valence-electron chi connectivity index (χ2n) is 4.75. The fraction of sp³-hybridized carbons (Fsp3) is 0. The molecule has 2 aromatic heterocycles. The zero-order valence-electron chi connectivity index (χ0n) is 10.9.